The van der Waals surface area contributed by atoms with E-state index in [0.717, 1.165) is 11.1 Å². The minimum Gasteiger partial charge on any atom is -0.504 e. The van der Waals surface area contributed by atoms with Gasteiger partial charge >= 0.3 is 18.0 Å². The second-order valence-electron chi connectivity index (χ2n) is 14.2. The normalized spacial score (nSPS) is 30.7. The first-order valence-corrected chi connectivity index (χ1v) is 15.9. The Morgan fingerprint density at radius 3 is 2.59 bits per heavy atom. The number of aromatic hydroxyl groups is 1. The van der Waals surface area contributed by atoms with E-state index in [9.17, 15) is 29.4 Å². The van der Waals surface area contributed by atoms with Gasteiger partial charge in [0.2, 0.25) is 5.91 Å². The maximum Gasteiger partial charge on any atom is 0.410 e. The monoisotopic (exact) mass is 641 g/mol. The Bertz CT molecular complexity index is 1500. The molecule has 1 spiro atoms. The molecular formula is C33H43N3O10. The lowest BCUT2D eigenvalue weighted by Gasteiger charge is -2.61. The minimum absolute atomic E-state index is 0.0434. The third kappa shape index (κ3) is 4.98. The van der Waals surface area contributed by atoms with Gasteiger partial charge in [0.1, 0.15) is 23.4 Å². The summed E-state index contributed by atoms with van der Waals surface area (Å²) < 4.78 is 22.9. The number of benzene rings is 1. The van der Waals surface area contributed by atoms with Crippen LogP contribution in [-0.4, -0.2) is 106 Å². The Morgan fingerprint density at radius 1 is 1.13 bits per heavy atom. The molecule has 13 heteroatoms. The number of nitrogens with one attached hydrogen (secondary N) is 1. The van der Waals surface area contributed by atoms with Crippen molar-refractivity contribution >= 4 is 23.9 Å². The summed E-state index contributed by atoms with van der Waals surface area (Å²) in [4.78, 5) is 55.3. The molecule has 250 valence electrons. The van der Waals surface area contributed by atoms with E-state index in [1.54, 1.807) is 32.9 Å². The zero-order valence-electron chi connectivity index (χ0n) is 27.1. The molecule has 13 nitrogen and oxygen atoms in total. The number of carbonyl (C=O) groups excluding carboxylic acids is 4. The Balaban J connectivity index is 1.11. The zero-order valence-corrected chi connectivity index (χ0v) is 27.1. The molecule has 2 aliphatic carbocycles. The van der Waals surface area contributed by atoms with E-state index in [1.165, 1.54) is 18.7 Å². The lowest BCUT2D eigenvalue weighted by Crippen LogP contribution is -2.74. The lowest BCUT2D eigenvalue weighted by molar-refractivity contribution is -0.176. The van der Waals surface area contributed by atoms with Crippen molar-refractivity contribution in [3.8, 4) is 11.5 Å². The SMILES string of the molecule is C[C@H](NC(=O)C1CCCN1C(=O)OC(C)(C)C)C(=O)O[C@@H](C)C(=O)OC1=CC[C@@]2(O)[C@H]3Cc4ccc(O)c5c4[C@@]2(CCN3C)[C@H]1O5. The van der Waals surface area contributed by atoms with Crippen LogP contribution in [-0.2, 0) is 40.4 Å². The number of phenolic OH excluding ortho intramolecular Hbond substituents is 1. The average Bonchev–Trinajstić information content (AvgIpc) is 3.60. The van der Waals surface area contributed by atoms with Crippen LogP contribution >= 0.6 is 0 Å². The fourth-order valence-electron chi connectivity index (χ4n) is 7.91. The highest BCUT2D eigenvalue weighted by atomic mass is 16.6. The molecule has 2 fully saturated rings. The first-order valence-electron chi connectivity index (χ1n) is 15.9. The summed E-state index contributed by atoms with van der Waals surface area (Å²) in [7, 11) is 1.98. The minimum atomic E-state index is -1.33. The highest BCUT2D eigenvalue weighted by molar-refractivity contribution is 5.90. The third-order valence-corrected chi connectivity index (χ3v) is 10.1. The van der Waals surface area contributed by atoms with Gasteiger partial charge in [-0.2, -0.15) is 0 Å². The maximum atomic E-state index is 13.3. The number of likely N-dealkylation sites (N-methyl/N-ethyl adjacent to an activating group) is 1. The molecule has 6 rings (SSSR count). The molecule has 3 N–H and O–H groups in total. The number of rotatable bonds is 6. The Morgan fingerprint density at radius 2 is 1.87 bits per heavy atom. The largest absolute Gasteiger partial charge is 0.504 e. The molecule has 3 heterocycles. The molecular weight excluding hydrogens is 598 g/mol. The summed E-state index contributed by atoms with van der Waals surface area (Å²) >= 11 is 0. The number of carbonyl (C=O) groups is 4. The molecule has 0 saturated carbocycles. The number of ether oxygens (including phenoxy) is 4. The number of aliphatic hydroxyl groups is 1. The number of hydrogen-bond donors (Lipinski definition) is 3. The first-order chi connectivity index (χ1) is 21.6. The molecule has 0 radical (unpaired) electrons. The predicted octanol–water partition coefficient (Wildman–Crippen LogP) is 2.05. The van der Waals surface area contributed by atoms with Crippen molar-refractivity contribution in [1.82, 2.24) is 15.1 Å². The third-order valence-electron chi connectivity index (χ3n) is 10.1. The number of phenols is 1. The summed E-state index contributed by atoms with van der Waals surface area (Å²) in [5.74, 6) is -1.78. The Labute approximate surface area is 267 Å². The van der Waals surface area contributed by atoms with Crippen molar-refractivity contribution in [3.63, 3.8) is 0 Å². The fraction of sp³-hybridized carbons (Fsp3) is 0.636. The van der Waals surface area contributed by atoms with Gasteiger partial charge in [0.05, 0.1) is 11.0 Å². The van der Waals surface area contributed by atoms with Crippen LogP contribution in [0.3, 0.4) is 0 Å². The van der Waals surface area contributed by atoms with Gasteiger partial charge in [-0.15, -0.1) is 0 Å². The van der Waals surface area contributed by atoms with Gasteiger partial charge in [-0.25, -0.2) is 14.4 Å². The van der Waals surface area contributed by atoms with Crippen LogP contribution in [0.1, 0.15) is 71.4 Å². The van der Waals surface area contributed by atoms with Crippen molar-refractivity contribution in [1.29, 1.82) is 0 Å². The van der Waals surface area contributed by atoms with Crippen molar-refractivity contribution in [2.45, 2.75) is 114 Å². The fourth-order valence-corrected chi connectivity index (χ4v) is 7.91. The van der Waals surface area contributed by atoms with E-state index in [1.807, 2.05) is 13.1 Å². The van der Waals surface area contributed by atoms with Crippen LogP contribution in [0.2, 0.25) is 0 Å². The van der Waals surface area contributed by atoms with Gasteiger partial charge in [0.25, 0.3) is 0 Å². The summed E-state index contributed by atoms with van der Waals surface area (Å²) in [6, 6.07) is 1.35. The van der Waals surface area contributed by atoms with Gasteiger partial charge < -0.3 is 39.4 Å². The molecule has 2 amide bonds. The van der Waals surface area contributed by atoms with E-state index in [4.69, 9.17) is 18.9 Å². The van der Waals surface area contributed by atoms with Crippen molar-refractivity contribution in [2.75, 3.05) is 20.1 Å². The van der Waals surface area contributed by atoms with Crippen molar-refractivity contribution in [3.05, 3.63) is 35.1 Å². The Kier molecular flexibility index (Phi) is 7.78. The molecule has 2 bridgehead atoms. The summed E-state index contributed by atoms with van der Waals surface area (Å²) in [6.45, 7) is 9.06. The molecule has 1 aromatic carbocycles. The average molecular weight is 642 g/mol. The van der Waals surface area contributed by atoms with Crippen LogP contribution in [0.5, 0.6) is 11.5 Å². The molecule has 0 aromatic heterocycles. The van der Waals surface area contributed by atoms with E-state index >= 15 is 0 Å². The van der Waals surface area contributed by atoms with E-state index in [-0.39, 0.29) is 24.0 Å². The van der Waals surface area contributed by atoms with E-state index in [0.29, 0.717) is 44.5 Å². The van der Waals surface area contributed by atoms with Gasteiger partial charge in [0.15, 0.2) is 23.7 Å². The number of likely N-dealkylation sites (tertiary alicyclic amines) is 2. The number of amides is 2. The molecule has 46 heavy (non-hydrogen) atoms. The number of hydrogen-bond acceptors (Lipinski definition) is 11. The van der Waals surface area contributed by atoms with Crippen LogP contribution in [0.25, 0.3) is 0 Å². The predicted molar refractivity (Wildman–Crippen MR) is 162 cm³/mol. The molecule has 7 atom stereocenters. The smallest absolute Gasteiger partial charge is 0.410 e. The number of nitrogens with zero attached hydrogens (tertiary/aromatic N) is 2. The van der Waals surface area contributed by atoms with Gasteiger partial charge in [-0.1, -0.05) is 6.07 Å². The number of piperidine rings is 1. The van der Waals surface area contributed by atoms with Crippen LogP contribution in [0.4, 0.5) is 4.79 Å². The topological polar surface area (TPSA) is 164 Å². The maximum absolute atomic E-state index is 13.3. The van der Waals surface area contributed by atoms with E-state index in [2.05, 4.69) is 10.2 Å². The molecule has 1 aromatic rings. The van der Waals surface area contributed by atoms with Crippen LogP contribution in [0, 0.1) is 0 Å². The second-order valence-corrected chi connectivity index (χ2v) is 14.2. The van der Waals surface area contributed by atoms with E-state index < -0.39 is 64.8 Å². The molecule has 2 saturated heterocycles. The van der Waals surface area contributed by atoms with Crippen LogP contribution in [0.15, 0.2) is 24.0 Å². The Hall–Kier alpha value is -3.84. The van der Waals surface area contributed by atoms with Gasteiger partial charge in [-0.05, 0) is 91.6 Å². The van der Waals surface area contributed by atoms with Crippen molar-refractivity contribution < 1.29 is 48.3 Å². The van der Waals surface area contributed by atoms with Gasteiger partial charge in [-0.3, -0.25) is 9.69 Å². The summed E-state index contributed by atoms with van der Waals surface area (Å²) in [5.41, 5.74) is -1.11. The molecule has 1 unspecified atom stereocenters. The summed E-state index contributed by atoms with van der Waals surface area (Å²) in [5, 5.41) is 25.5. The van der Waals surface area contributed by atoms with Crippen LogP contribution < -0.4 is 10.1 Å². The lowest BCUT2D eigenvalue weighted by atomic mass is 9.50. The first kappa shape index (κ1) is 32.1. The molecule has 3 aliphatic heterocycles. The summed E-state index contributed by atoms with van der Waals surface area (Å²) in [6.07, 6.45) is 1.21. The standard InChI is InChI=1S/C33H43N3O10/c1-17(34-27(38)20-8-7-14-36(20)30(41)46-31(3,4)5)28(39)43-18(2)29(40)44-22-11-12-33(42)23-16-19-9-10-21(37)25-24(19)32(33,26(22)45-25)13-15-35(23)6/h9-11,17-18,20,23,26,37,42H,7-8,12-16H2,1-6H3,(H,34,38)/t17-,18-,20?,23+,26-,32-,33+/m0/s1. The van der Waals surface area contributed by atoms with Gasteiger partial charge in [0, 0.05) is 24.6 Å². The molecule has 5 aliphatic rings. The zero-order chi connectivity index (χ0) is 33.3. The number of esters is 2. The quantitative estimate of drug-likeness (QED) is 0.308. The highest BCUT2D eigenvalue weighted by Gasteiger charge is 2.72. The second kappa shape index (κ2) is 11.2. The van der Waals surface area contributed by atoms with Crippen molar-refractivity contribution in [2.24, 2.45) is 0 Å². The highest BCUT2D eigenvalue weighted by Crippen LogP contribution is 2.65.